The molecule has 1 aromatic rings. The van der Waals surface area contributed by atoms with Crippen molar-refractivity contribution in [2.24, 2.45) is 23.7 Å². The molecule has 0 amide bonds. The third-order valence-corrected chi connectivity index (χ3v) is 7.20. The van der Waals surface area contributed by atoms with Gasteiger partial charge in [-0.25, -0.2) is 0 Å². The van der Waals surface area contributed by atoms with Gasteiger partial charge in [-0.05, 0) is 60.6 Å². The van der Waals surface area contributed by atoms with Crippen molar-refractivity contribution in [3.8, 4) is 0 Å². The molecule has 1 atom stereocenters. The van der Waals surface area contributed by atoms with Gasteiger partial charge >= 0.3 is 6.18 Å². The van der Waals surface area contributed by atoms with E-state index in [4.69, 9.17) is 0 Å². The molecule has 2 fully saturated rings. The van der Waals surface area contributed by atoms with E-state index in [-0.39, 0.29) is 0 Å². The quantitative estimate of drug-likeness (QED) is 0.468. The minimum Gasteiger partial charge on any atom is -0.166 e. The van der Waals surface area contributed by atoms with Gasteiger partial charge in [0.2, 0.25) is 0 Å². The average Bonchev–Trinajstić information content (AvgIpc) is 2.67. The van der Waals surface area contributed by atoms with Crippen LogP contribution < -0.4 is 0 Å². The minimum absolute atomic E-state index is 0.527. The Labute approximate surface area is 162 Å². The van der Waals surface area contributed by atoms with Gasteiger partial charge in [-0.15, -0.1) is 0 Å². The molecule has 1 unspecified atom stereocenters. The van der Waals surface area contributed by atoms with Gasteiger partial charge in [0.1, 0.15) is 0 Å². The molecule has 0 aliphatic heterocycles. The van der Waals surface area contributed by atoms with Gasteiger partial charge in [-0.3, -0.25) is 0 Å². The van der Waals surface area contributed by atoms with Crippen LogP contribution in [-0.2, 0) is 12.6 Å². The molecule has 2 aliphatic rings. The summed E-state index contributed by atoms with van der Waals surface area (Å²) >= 11 is 0. The van der Waals surface area contributed by atoms with Crippen LogP contribution >= 0.6 is 0 Å². The number of hydrogen-bond donors (Lipinski definition) is 0. The van der Waals surface area contributed by atoms with Crippen molar-refractivity contribution in [3.05, 3.63) is 35.4 Å². The highest BCUT2D eigenvalue weighted by atomic mass is 19.4. The van der Waals surface area contributed by atoms with Gasteiger partial charge in [0.05, 0.1) is 5.56 Å². The van der Waals surface area contributed by atoms with Crippen LogP contribution in [0.4, 0.5) is 13.2 Å². The summed E-state index contributed by atoms with van der Waals surface area (Å²) in [6.07, 6.45) is 11.4. The molecule has 27 heavy (non-hydrogen) atoms. The Hall–Kier alpha value is -0.990. The maximum Gasteiger partial charge on any atom is 0.416 e. The van der Waals surface area contributed by atoms with Gasteiger partial charge in [0.25, 0.3) is 0 Å². The molecule has 2 saturated carbocycles. The molecule has 0 saturated heterocycles. The number of rotatable bonds is 6. The number of halogens is 3. The Morgan fingerprint density at radius 3 is 2.00 bits per heavy atom. The van der Waals surface area contributed by atoms with E-state index in [1.54, 1.807) is 12.1 Å². The molecule has 0 bridgehead atoms. The van der Waals surface area contributed by atoms with Crippen molar-refractivity contribution in [1.29, 1.82) is 0 Å². The van der Waals surface area contributed by atoms with Crippen LogP contribution in [0, 0.1) is 23.7 Å². The molecular formula is C24H35F3. The molecule has 0 N–H and O–H groups in total. The van der Waals surface area contributed by atoms with Gasteiger partial charge < -0.3 is 0 Å². The predicted octanol–water partition coefficient (Wildman–Crippen LogP) is 8.05. The highest BCUT2D eigenvalue weighted by Crippen LogP contribution is 2.43. The van der Waals surface area contributed by atoms with Crippen LogP contribution in [-0.4, -0.2) is 0 Å². The van der Waals surface area contributed by atoms with Crippen LogP contribution in [0.3, 0.4) is 0 Å². The smallest absolute Gasteiger partial charge is 0.166 e. The van der Waals surface area contributed by atoms with Crippen molar-refractivity contribution in [1.82, 2.24) is 0 Å². The Bertz CT molecular complexity index is 546. The van der Waals surface area contributed by atoms with Crippen LogP contribution in [0.1, 0.15) is 88.7 Å². The molecule has 1 aromatic carbocycles. The Morgan fingerprint density at radius 1 is 0.852 bits per heavy atom. The molecule has 0 heterocycles. The second-order valence-electron chi connectivity index (χ2n) is 9.03. The van der Waals surface area contributed by atoms with E-state index in [9.17, 15) is 13.2 Å². The summed E-state index contributed by atoms with van der Waals surface area (Å²) in [5.74, 6) is 3.10. The zero-order chi connectivity index (χ0) is 19.3. The van der Waals surface area contributed by atoms with E-state index in [1.807, 2.05) is 0 Å². The summed E-state index contributed by atoms with van der Waals surface area (Å²) in [6, 6.07) is 5.99. The van der Waals surface area contributed by atoms with Crippen LogP contribution in [0.25, 0.3) is 0 Å². The molecule has 0 nitrogen and oxygen atoms in total. The highest BCUT2D eigenvalue weighted by molar-refractivity contribution is 5.25. The monoisotopic (exact) mass is 380 g/mol. The third-order valence-electron chi connectivity index (χ3n) is 7.20. The zero-order valence-corrected chi connectivity index (χ0v) is 16.7. The van der Waals surface area contributed by atoms with Gasteiger partial charge in [-0.1, -0.05) is 76.8 Å². The SMILES string of the molecule is CCCC1CCC(C(Cc2ccc(C(F)(F)F)cc2)C2CCCCC2)CC1. The van der Waals surface area contributed by atoms with Gasteiger partial charge in [-0.2, -0.15) is 13.2 Å². The first kappa shape index (κ1) is 20.7. The van der Waals surface area contributed by atoms with Gasteiger partial charge in [0.15, 0.2) is 0 Å². The summed E-state index contributed by atoms with van der Waals surface area (Å²) in [6.45, 7) is 2.28. The van der Waals surface area contributed by atoms with Crippen molar-refractivity contribution in [2.45, 2.75) is 90.1 Å². The summed E-state index contributed by atoms with van der Waals surface area (Å²) < 4.78 is 38.6. The highest BCUT2D eigenvalue weighted by Gasteiger charge is 2.34. The lowest BCUT2D eigenvalue weighted by Gasteiger charge is -2.40. The van der Waals surface area contributed by atoms with Crippen LogP contribution in [0.2, 0.25) is 0 Å². The fraction of sp³-hybridized carbons (Fsp3) is 0.750. The molecule has 0 radical (unpaired) electrons. The van der Waals surface area contributed by atoms with Crippen molar-refractivity contribution >= 4 is 0 Å². The molecule has 3 heteroatoms. The third kappa shape index (κ3) is 5.74. The molecule has 0 spiro atoms. The van der Waals surface area contributed by atoms with E-state index in [0.29, 0.717) is 5.92 Å². The second-order valence-corrected chi connectivity index (χ2v) is 9.03. The van der Waals surface area contributed by atoms with E-state index >= 15 is 0 Å². The predicted molar refractivity (Wildman–Crippen MR) is 106 cm³/mol. The number of hydrogen-bond acceptors (Lipinski definition) is 0. The van der Waals surface area contributed by atoms with Crippen molar-refractivity contribution in [3.63, 3.8) is 0 Å². The Kier molecular flexibility index (Phi) is 7.28. The first-order chi connectivity index (χ1) is 13.0. The normalized spacial score (nSPS) is 26.1. The average molecular weight is 381 g/mol. The van der Waals surface area contributed by atoms with E-state index < -0.39 is 11.7 Å². The second kappa shape index (κ2) is 9.47. The van der Waals surface area contributed by atoms with E-state index in [1.165, 1.54) is 82.8 Å². The summed E-state index contributed by atoms with van der Waals surface area (Å²) in [4.78, 5) is 0. The molecular weight excluding hydrogens is 345 g/mol. The van der Waals surface area contributed by atoms with Crippen molar-refractivity contribution in [2.75, 3.05) is 0 Å². The standard InChI is InChI=1S/C24H35F3/c1-2-6-18-9-13-21(14-10-18)23(20-7-4-3-5-8-20)17-19-11-15-22(16-12-19)24(25,26)27/h11-12,15-16,18,20-21,23H,2-10,13-14,17H2,1H3. The number of alkyl halides is 3. The lowest BCUT2D eigenvalue weighted by atomic mass is 9.66. The number of benzene rings is 1. The first-order valence-electron chi connectivity index (χ1n) is 11.1. The fourth-order valence-corrected chi connectivity index (χ4v) is 5.70. The van der Waals surface area contributed by atoms with Crippen LogP contribution in [0.15, 0.2) is 24.3 Å². The van der Waals surface area contributed by atoms with Crippen molar-refractivity contribution < 1.29 is 13.2 Å². The topological polar surface area (TPSA) is 0 Å². The molecule has 152 valence electrons. The molecule has 0 aromatic heterocycles. The van der Waals surface area contributed by atoms with Gasteiger partial charge in [0, 0.05) is 0 Å². The summed E-state index contributed by atoms with van der Waals surface area (Å²) in [5.41, 5.74) is 0.565. The van der Waals surface area contributed by atoms with E-state index in [0.717, 1.165) is 29.7 Å². The summed E-state index contributed by atoms with van der Waals surface area (Å²) in [7, 11) is 0. The van der Waals surface area contributed by atoms with E-state index in [2.05, 4.69) is 6.92 Å². The summed E-state index contributed by atoms with van der Waals surface area (Å²) in [5, 5.41) is 0. The lowest BCUT2D eigenvalue weighted by molar-refractivity contribution is -0.137. The Morgan fingerprint density at radius 2 is 1.44 bits per heavy atom. The molecule has 2 aliphatic carbocycles. The minimum atomic E-state index is -4.24. The maximum atomic E-state index is 12.9. The Balaban J connectivity index is 1.68. The largest absolute Gasteiger partial charge is 0.416 e. The fourth-order valence-electron chi connectivity index (χ4n) is 5.70. The first-order valence-corrected chi connectivity index (χ1v) is 11.1. The van der Waals surface area contributed by atoms with Crippen LogP contribution in [0.5, 0.6) is 0 Å². The zero-order valence-electron chi connectivity index (χ0n) is 16.7. The maximum absolute atomic E-state index is 12.9. The molecule has 3 rings (SSSR count). The lowest BCUT2D eigenvalue weighted by Crippen LogP contribution is -2.30.